The van der Waals surface area contributed by atoms with Gasteiger partial charge in [-0.1, -0.05) is 6.07 Å². The molecule has 0 aliphatic heterocycles. The molecule has 1 aromatic rings. The molecule has 96 valence electrons. The number of amides is 2. The van der Waals surface area contributed by atoms with E-state index in [0.29, 0.717) is 18.4 Å². The van der Waals surface area contributed by atoms with Crippen LogP contribution in [0.5, 0.6) is 0 Å². The number of rotatable bonds is 5. The Labute approximate surface area is 105 Å². The van der Waals surface area contributed by atoms with Gasteiger partial charge in [-0.2, -0.15) is 0 Å². The zero-order valence-electron chi connectivity index (χ0n) is 9.98. The van der Waals surface area contributed by atoms with E-state index < -0.39 is 0 Å². The minimum Gasteiger partial charge on any atom is -0.384 e. The first-order chi connectivity index (χ1) is 8.65. The molecule has 0 unspecified atom stereocenters. The van der Waals surface area contributed by atoms with Crippen molar-refractivity contribution in [1.29, 1.82) is 0 Å². The number of hydrogen-bond donors (Lipinski definition) is 3. The Balaban J connectivity index is 1.72. The van der Waals surface area contributed by atoms with E-state index >= 15 is 0 Å². The highest BCUT2D eigenvalue weighted by Crippen LogP contribution is 2.18. The fraction of sp³-hybridized carbons (Fsp3) is 0.417. The van der Waals surface area contributed by atoms with Gasteiger partial charge in [0.25, 0.3) is 5.91 Å². The van der Waals surface area contributed by atoms with Crippen molar-refractivity contribution in [3.63, 3.8) is 0 Å². The van der Waals surface area contributed by atoms with E-state index in [0.717, 1.165) is 12.8 Å². The number of pyridine rings is 1. The maximum atomic E-state index is 11.7. The third kappa shape index (κ3) is 3.73. The van der Waals surface area contributed by atoms with Crippen molar-refractivity contribution in [2.24, 2.45) is 0 Å². The molecular formula is C12H16N4O2. The summed E-state index contributed by atoms with van der Waals surface area (Å²) in [6.07, 6.45) is 2.40. The van der Waals surface area contributed by atoms with Gasteiger partial charge in [0.2, 0.25) is 5.91 Å². The van der Waals surface area contributed by atoms with Crippen molar-refractivity contribution in [3.8, 4) is 0 Å². The highest BCUT2D eigenvalue weighted by atomic mass is 16.2. The molecule has 6 nitrogen and oxygen atoms in total. The lowest BCUT2D eigenvalue weighted by Gasteiger charge is -2.05. The molecule has 0 bridgehead atoms. The number of carbonyl (C=O) groups is 2. The third-order valence-corrected chi connectivity index (χ3v) is 2.58. The van der Waals surface area contributed by atoms with Gasteiger partial charge in [-0.25, -0.2) is 4.98 Å². The Kier molecular flexibility index (Phi) is 3.76. The van der Waals surface area contributed by atoms with Gasteiger partial charge in [0, 0.05) is 19.0 Å². The third-order valence-electron chi connectivity index (χ3n) is 2.58. The lowest BCUT2D eigenvalue weighted by molar-refractivity contribution is -0.121. The molecule has 2 amide bonds. The maximum absolute atomic E-state index is 11.7. The predicted octanol–water partition coefficient (Wildman–Crippen LogP) is 0.0623. The van der Waals surface area contributed by atoms with E-state index in [2.05, 4.69) is 15.6 Å². The van der Waals surface area contributed by atoms with Crippen molar-refractivity contribution in [2.75, 3.05) is 12.3 Å². The SMILES string of the molecule is Nc1cccc(C(=O)NCCC(=O)NC2CC2)n1. The fourth-order valence-corrected chi connectivity index (χ4v) is 1.49. The van der Waals surface area contributed by atoms with Crippen LogP contribution in [0.3, 0.4) is 0 Å². The Morgan fingerprint density at radius 3 is 2.83 bits per heavy atom. The van der Waals surface area contributed by atoms with Crippen molar-refractivity contribution in [2.45, 2.75) is 25.3 Å². The van der Waals surface area contributed by atoms with Gasteiger partial charge in [-0.05, 0) is 25.0 Å². The van der Waals surface area contributed by atoms with Gasteiger partial charge >= 0.3 is 0 Å². The summed E-state index contributed by atoms with van der Waals surface area (Å²) in [5.41, 5.74) is 5.74. The molecular weight excluding hydrogens is 232 g/mol. The van der Waals surface area contributed by atoms with Crippen LogP contribution in [0, 0.1) is 0 Å². The fourth-order valence-electron chi connectivity index (χ4n) is 1.49. The highest BCUT2D eigenvalue weighted by molar-refractivity contribution is 5.92. The minimum atomic E-state index is -0.318. The van der Waals surface area contributed by atoms with Gasteiger partial charge < -0.3 is 16.4 Å². The van der Waals surface area contributed by atoms with Crippen molar-refractivity contribution in [3.05, 3.63) is 23.9 Å². The van der Waals surface area contributed by atoms with E-state index in [9.17, 15) is 9.59 Å². The van der Waals surface area contributed by atoms with Gasteiger partial charge in [0.05, 0.1) is 0 Å². The number of carbonyl (C=O) groups excluding carboxylic acids is 2. The smallest absolute Gasteiger partial charge is 0.269 e. The Hall–Kier alpha value is -2.11. The van der Waals surface area contributed by atoms with Crippen LogP contribution < -0.4 is 16.4 Å². The molecule has 1 aliphatic rings. The average Bonchev–Trinajstić information content (AvgIpc) is 3.12. The van der Waals surface area contributed by atoms with Gasteiger partial charge in [-0.15, -0.1) is 0 Å². The van der Waals surface area contributed by atoms with E-state index in [1.807, 2.05) is 0 Å². The largest absolute Gasteiger partial charge is 0.384 e. The second-order valence-electron chi connectivity index (χ2n) is 4.30. The minimum absolute atomic E-state index is 0.0293. The molecule has 0 saturated heterocycles. The number of aromatic nitrogens is 1. The predicted molar refractivity (Wildman–Crippen MR) is 66.8 cm³/mol. The topological polar surface area (TPSA) is 97.1 Å². The summed E-state index contributed by atoms with van der Waals surface area (Å²) < 4.78 is 0. The Morgan fingerprint density at radius 2 is 2.17 bits per heavy atom. The molecule has 1 aliphatic carbocycles. The van der Waals surface area contributed by atoms with E-state index in [1.54, 1.807) is 18.2 Å². The highest BCUT2D eigenvalue weighted by Gasteiger charge is 2.22. The van der Waals surface area contributed by atoms with Crippen LogP contribution in [0.2, 0.25) is 0 Å². The standard InChI is InChI=1S/C12H16N4O2/c13-10-3-1-2-9(16-10)12(18)14-7-6-11(17)15-8-4-5-8/h1-3,8H,4-7H2,(H2,13,16)(H,14,18)(H,15,17). The first-order valence-electron chi connectivity index (χ1n) is 5.95. The van der Waals surface area contributed by atoms with E-state index in [1.165, 1.54) is 0 Å². The molecule has 2 rings (SSSR count). The van der Waals surface area contributed by atoms with E-state index in [4.69, 9.17) is 5.73 Å². The normalized spacial score (nSPS) is 14.0. The molecule has 1 saturated carbocycles. The van der Waals surface area contributed by atoms with E-state index in [-0.39, 0.29) is 23.9 Å². The van der Waals surface area contributed by atoms with Gasteiger partial charge in [0.1, 0.15) is 11.5 Å². The summed E-state index contributed by atoms with van der Waals surface area (Å²) >= 11 is 0. The molecule has 1 aromatic heterocycles. The number of nitrogen functional groups attached to an aromatic ring is 1. The monoisotopic (exact) mass is 248 g/mol. The quantitative estimate of drug-likeness (QED) is 0.686. The average molecular weight is 248 g/mol. The molecule has 0 spiro atoms. The summed E-state index contributed by atoms with van der Waals surface area (Å²) in [7, 11) is 0. The van der Waals surface area contributed by atoms with Crippen molar-refractivity contribution < 1.29 is 9.59 Å². The zero-order valence-corrected chi connectivity index (χ0v) is 9.98. The molecule has 6 heteroatoms. The van der Waals surface area contributed by atoms with Crippen molar-refractivity contribution in [1.82, 2.24) is 15.6 Å². The van der Waals surface area contributed by atoms with Gasteiger partial charge in [-0.3, -0.25) is 9.59 Å². The number of hydrogen-bond acceptors (Lipinski definition) is 4. The van der Waals surface area contributed by atoms with Crippen LogP contribution in [0.25, 0.3) is 0 Å². The summed E-state index contributed by atoms with van der Waals surface area (Å²) in [5.74, 6) is -0.0472. The number of nitrogens with one attached hydrogen (secondary N) is 2. The number of nitrogens with two attached hydrogens (primary N) is 1. The first-order valence-corrected chi connectivity index (χ1v) is 5.95. The zero-order chi connectivity index (χ0) is 13.0. The first kappa shape index (κ1) is 12.3. The Morgan fingerprint density at radius 1 is 1.39 bits per heavy atom. The maximum Gasteiger partial charge on any atom is 0.269 e. The summed E-state index contributed by atoms with van der Waals surface area (Å²) in [6.45, 7) is 0.299. The lowest BCUT2D eigenvalue weighted by atomic mass is 10.3. The molecule has 1 fully saturated rings. The molecule has 0 radical (unpaired) electrons. The summed E-state index contributed by atoms with van der Waals surface area (Å²) in [4.78, 5) is 26.9. The molecule has 4 N–H and O–H groups in total. The number of nitrogens with zero attached hydrogens (tertiary/aromatic N) is 1. The molecule has 0 aromatic carbocycles. The molecule has 18 heavy (non-hydrogen) atoms. The van der Waals surface area contributed by atoms with Gasteiger partial charge in [0.15, 0.2) is 0 Å². The van der Waals surface area contributed by atoms with Crippen LogP contribution in [0.15, 0.2) is 18.2 Å². The summed E-state index contributed by atoms with van der Waals surface area (Å²) in [5, 5.41) is 5.48. The van der Waals surface area contributed by atoms with Crippen LogP contribution in [0.1, 0.15) is 29.8 Å². The Bertz CT molecular complexity index is 457. The van der Waals surface area contributed by atoms with Crippen LogP contribution >= 0.6 is 0 Å². The number of anilines is 1. The van der Waals surface area contributed by atoms with Crippen LogP contribution in [-0.4, -0.2) is 29.4 Å². The molecule has 1 heterocycles. The summed E-state index contributed by atoms with van der Waals surface area (Å²) in [6, 6.07) is 5.20. The van der Waals surface area contributed by atoms with Crippen molar-refractivity contribution >= 4 is 17.6 Å². The second kappa shape index (κ2) is 5.48. The lowest BCUT2D eigenvalue weighted by Crippen LogP contribution is -2.32. The second-order valence-corrected chi connectivity index (χ2v) is 4.30. The van der Waals surface area contributed by atoms with Crippen LogP contribution in [-0.2, 0) is 4.79 Å². The molecule has 0 atom stereocenters. The van der Waals surface area contributed by atoms with Crippen LogP contribution in [0.4, 0.5) is 5.82 Å².